The molecule has 0 spiro atoms. The molecule has 0 bridgehead atoms. The lowest BCUT2D eigenvalue weighted by Gasteiger charge is -2.02. The Kier molecular flexibility index (Phi) is 4.30. The summed E-state index contributed by atoms with van der Waals surface area (Å²) in [6.07, 6.45) is 3.36. The van der Waals surface area contributed by atoms with Gasteiger partial charge in [-0.15, -0.1) is 0 Å². The average Bonchev–Trinajstić information content (AvgIpc) is 2.27. The number of nitrogens with zero attached hydrogens (tertiary/aromatic N) is 2. The van der Waals surface area contributed by atoms with Gasteiger partial charge in [-0.2, -0.15) is 0 Å². The number of pyridine rings is 2. The van der Waals surface area contributed by atoms with E-state index in [1.165, 1.54) is 0 Å². The SMILES string of the molecule is CC.Cc1cnc(Cl)c2cnc(Cl)cc12. The van der Waals surface area contributed by atoms with E-state index in [1.54, 1.807) is 18.5 Å². The lowest BCUT2D eigenvalue weighted by molar-refractivity contribution is 1.28. The molecule has 0 aliphatic rings. The Morgan fingerprint density at radius 1 is 1.00 bits per heavy atom. The fourth-order valence-corrected chi connectivity index (χ4v) is 1.57. The minimum Gasteiger partial charge on any atom is -0.244 e. The molecule has 15 heavy (non-hydrogen) atoms. The third-order valence-corrected chi connectivity index (χ3v) is 2.40. The zero-order chi connectivity index (χ0) is 11.4. The van der Waals surface area contributed by atoms with Gasteiger partial charge in [-0.1, -0.05) is 37.0 Å². The number of aryl methyl sites for hydroxylation is 1. The normalized spacial score (nSPS) is 9.67. The summed E-state index contributed by atoms with van der Waals surface area (Å²) in [6, 6.07) is 1.79. The van der Waals surface area contributed by atoms with Crippen LogP contribution in [-0.2, 0) is 0 Å². The zero-order valence-corrected chi connectivity index (χ0v) is 10.4. The summed E-state index contributed by atoms with van der Waals surface area (Å²) < 4.78 is 0. The molecule has 80 valence electrons. The van der Waals surface area contributed by atoms with Gasteiger partial charge in [0, 0.05) is 17.8 Å². The van der Waals surface area contributed by atoms with Crippen LogP contribution in [-0.4, -0.2) is 9.97 Å². The topological polar surface area (TPSA) is 25.8 Å². The number of hydrogen-bond donors (Lipinski definition) is 0. The van der Waals surface area contributed by atoms with Crippen molar-refractivity contribution in [1.29, 1.82) is 0 Å². The molecule has 0 unspecified atom stereocenters. The lowest BCUT2D eigenvalue weighted by atomic mass is 10.1. The first-order valence-electron chi connectivity index (χ1n) is 4.75. The summed E-state index contributed by atoms with van der Waals surface area (Å²) in [7, 11) is 0. The van der Waals surface area contributed by atoms with Gasteiger partial charge in [0.15, 0.2) is 0 Å². The molecule has 2 rings (SSSR count). The Bertz CT molecular complexity index is 469. The summed E-state index contributed by atoms with van der Waals surface area (Å²) in [5, 5.41) is 2.77. The van der Waals surface area contributed by atoms with E-state index in [9.17, 15) is 0 Å². The molecule has 0 atom stereocenters. The van der Waals surface area contributed by atoms with Crippen molar-refractivity contribution in [3.05, 3.63) is 34.3 Å². The van der Waals surface area contributed by atoms with Crippen LogP contribution in [0.2, 0.25) is 10.3 Å². The number of aromatic nitrogens is 2. The highest BCUT2D eigenvalue weighted by atomic mass is 35.5. The second-order valence-corrected chi connectivity index (χ2v) is 3.53. The predicted octanol–water partition coefficient (Wildman–Crippen LogP) is 4.27. The summed E-state index contributed by atoms with van der Waals surface area (Å²) in [5.41, 5.74) is 1.05. The quantitative estimate of drug-likeness (QED) is 0.645. The fourth-order valence-electron chi connectivity index (χ4n) is 1.21. The van der Waals surface area contributed by atoms with Gasteiger partial charge in [0.1, 0.15) is 10.3 Å². The monoisotopic (exact) mass is 242 g/mol. The maximum absolute atomic E-state index is 5.89. The van der Waals surface area contributed by atoms with Crippen LogP contribution in [0.5, 0.6) is 0 Å². The maximum Gasteiger partial charge on any atom is 0.138 e. The van der Waals surface area contributed by atoms with Crippen molar-refractivity contribution in [2.24, 2.45) is 0 Å². The number of fused-ring (bicyclic) bond motifs is 1. The second kappa shape index (κ2) is 5.29. The Morgan fingerprint density at radius 2 is 1.67 bits per heavy atom. The Balaban J connectivity index is 0.000000531. The van der Waals surface area contributed by atoms with Crippen LogP contribution in [0.1, 0.15) is 19.4 Å². The number of rotatable bonds is 0. The minimum absolute atomic E-state index is 0.463. The van der Waals surface area contributed by atoms with Gasteiger partial charge in [-0.25, -0.2) is 9.97 Å². The molecular weight excluding hydrogens is 231 g/mol. The molecule has 0 N–H and O–H groups in total. The Hall–Kier alpha value is -0.860. The maximum atomic E-state index is 5.89. The number of halogens is 2. The summed E-state index contributed by atoms with van der Waals surface area (Å²) in [6.45, 7) is 5.96. The van der Waals surface area contributed by atoms with E-state index in [2.05, 4.69) is 9.97 Å². The molecule has 4 heteroatoms. The Labute approximate surface area is 99.3 Å². The zero-order valence-electron chi connectivity index (χ0n) is 8.88. The fraction of sp³-hybridized carbons (Fsp3) is 0.273. The van der Waals surface area contributed by atoms with Crippen LogP contribution >= 0.6 is 23.2 Å². The number of hydrogen-bond acceptors (Lipinski definition) is 2. The molecule has 0 saturated carbocycles. The highest BCUT2D eigenvalue weighted by Gasteiger charge is 2.03. The smallest absolute Gasteiger partial charge is 0.138 e. The van der Waals surface area contributed by atoms with Crippen molar-refractivity contribution in [3.8, 4) is 0 Å². The molecule has 2 aromatic rings. The van der Waals surface area contributed by atoms with Crippen LogP contribution in [0.3, 0.4) is 0 Å². The van der Waals surface area contributed by atoms with Crippen molar-refractivity contribution in [2.75, 3.05) is 0 Å². The van der Waals surface area contributed by atoms with E-state index in [1.807, 2.05) is 20.8 Å². The van der Waals surface area contributed by atoms with Crippen molar-refractivity contribution in [2.45, 2.75) is 20.8 Å². The summed E-state index contributed by atoms with van der Waals surface area (Å²) in [4.78, 5) is 7.97. The first kappa shape index (κ1) is 12.2. The van der Waals surface area contributed by atoms with Crippen LogP contribution in [0.25, 0.3) is 10.8 Å². The lowest BCUT2D eigenvalue weighted by Crippen LogP contribution is -1.85. The van der Waals surface area contributed by atoms with E-state index < -0.39 is 0 Å². The molecule has 0 fully saturated rings. The van der Waals surface area contributed by atoms with Gasteiger partial charge in [0.25, 0.3) is 0 Å². The van der Waals surface area contributed by atoms with Gasteiger partial charge in [-0.3, -0.25) is 0 Å². The first-order chi connectivity index (χ1) is 7.18. The second-order valence-electron chi connectivity index (χ2n) is 2.78. The largest absolute Gasteiger partial charge is 0.244 e. The van der Waals surface area contributed by atoms with E-state index in [4.69, 9.17) is 23.2 Å². The summed E-state index contributed by atoms with van der Waals surface area (Å²) >= 11 is 11.7. The third kappa shape index (κ3) is 2.58. The van der Waals surface area contributed by atoms with Crippen molar-refractivity contribution in [3.63, 3.8) is 0 Å². The van der Waals surface area contributed by atoms with Gasteiger partial charge >= 0.3 is 0 Å². The molecule has 0 aliphatic heterocycles. The van der Waals surface area contributed by atoms with E-state index in [-0.39, 0.29) is 0 Å². The van der Waals surface area contributed by atoms with Gasteiger partial charge in [0.2, 0.25) is 0 Å². The molecular formula is C11H12Cl2N2. The minimum atomic E-state index is 0.463. The standard InChI is InChI=1S/C9H6Cl2N2.C2H6/c1-5-3-13-9(11)7-4-12-8(10)2-6(5)7;1-2/h2-4H,1H3;1-2H3. The van der Waals surface area contributed by atoms with Gasteiger partial charge in [0.05, 0.1) is 0 Å². The van der Waals surface area contributed by atoms with Gasteiger partial charge in [-0.05, 0) is 23.9 Å². The predicted molar refractivity (Wildman–Crippen MR) is 65.6 cm³/mol. The van der Waals surface area contributed by atoms with E-state index >= 15 is 0 Å². The van der Waals surface area contributed by atoms with Crippen LogP contribution in [0.15, 0.2) is 18.5 Å². The highest BCUT2D eigenvalue weighted by Crippen LogP contribution is 2.24. The molecule has 0 aromatic carbocycles. The van der Waals surface area contributed by atoms with Crippen LogP contribution < -0.4 is 0 Å². The van der Waals surface area contributed by atoms with E-state index in [0.29, 0.717) is 10.3 Å². The molecule has 2 heterocycles. The third-order valence-electron chi connectivity index (χ3n) is 1.89. The Morgan fingerprint density at radius 3 is 2.33 bits per heavy atom. The molecule has 0 aliphatic carbocycles. The van der Waals surface area contributed by atoms with Crippen LogP contribution in [0.4, 0.5) is 0 Å². The van der Waals surface area contributed by atoms with Crippen LogP contribution in [0, 0.1) is 6.92 Å². The van der Waals surface area contributed by atoms with Gasteiger partial charge < -0.3 is 0 Å². The summed E-state index contributed by atoms with van der Waals surface area (Å²) in [5.74, 6) is 0. The average molecular weight is 243 g/mol. The molecule has 0 radical (unpaired) electrons. The molecule has 0 saturated heterocycles. The van der Waals surface area contributed by atoms with Crippen molar-refractivity contribution >= 4 is 34.0 Å². The van der Waals surface area contributed by atoms with E-state index in [0.717, 1.165) is 16.3 Å². The van der Waals surface area contributed by atoms with Crippen molar-refractivity contribution in [1.82, 2.24) is 9.97 Å². The van der Waals surface area contributed by atoms with Crippen molar-refractivity contribution < 1.29 is 0 Å². The highest BCUT2D eigenvalue weighted by molar-refractivity contribution is 6.35. The first-order valence-corrected chi connectivity index (χ1v) is 5.50. The molecule has 0 amide bonds. The molecule has 2 aromatic heterocycles. The molecule has 2 nitrogen and oxygen atoms in total.